The van der Waals surface area contributed by atoms with E-state index in [1.165, 1.54) is 36.8 Å². The molecule has 156 valence electrons. The van der Waals surface area contributed by atoms with Gasteiger partial charge in [-0.3, -0.25) is 0 Å². The first kappa shape index (κ1) is 22.4. The lowest BCUT2D eigenvalue weighted by molar-refractivity contribution is 0.384. The van der Waals surface area contributed by atoms with Crippen molar-refractivity contribution in [2.75, 3.05) is 50.0 Å². The van der Waals surface area contributed by atoms with Gasteiger partial charge in [0.2, 0.25) is 5.95 Å². The maximum Gasteiger partial charge on any atom is 0.224 e. The van der Waals surface area contributed by atoms with Crippen molar-refractivity contribution in [1.82, 2.24) is 14.9 Å². The van der Waals surface area contributed by atoms with Crippen molar-refractivity contribution in [2.45, 2.75) is 59.3 Å². The summed E-state index contributed by atoms with van der Waals surface area (Å²) < 4.78 is 0. The van der Waals surface area contributed by atoms with Gasteiger partial charge in [0, 0.05) is 38.9 Å². The highest BCUT2D eigenvalue weighted by Crippen LogP contribution is 2.17. The van der Waals surface area contributed by atoms with Crippen molar-refractivity contribution < 1.29 is 0 Å². The molecule has 0 bridgehead atoms. The van der Waals surface area contributed by atoms with Crippen molar-refractivity contribution in [1.29, 1.82) is 0 Å². The monoisotopic (exact) mass is 385 g/mol. The molecule has 1 aliphatic rings. The Morgan fingerprint density at radius 2 is 1.89 bits per heavy atom. The standard InChI is InChI=1S/C23H39N5/c1-20(2)10-9-11-21(3)13-18-27(4)19-15-25-23-24-14-12-22(26-23)28-16-7-5-6-8-17-28/h10,12-14H,5-9,11,15-19H2,1-4H3,(H,24,25,26). The maximum absolute atomic E-state index is 4.72. The second-order valence-corrected chi connectivity index (χ2v) is 8.20. The van der Waals surface area contributed by atoms with E-state index in [4.69, 9.17) is 4.98 Å². The molecule has 1 saturated heterocycles. The molecule has 5 heteroatoms. The number of nitrogens with one attached hydrogen (secondary N) is 1. The molecule has 0 aromatic carbocycles. The number of aromatic nitrogens is 2. The van der Waals surface area contributed by atoms with E-state index in [9.17, 15) is 0 Å². The van der Waals surface area contributed by atoms with E-state index in [1.807, 2.05) is 12.3 Å². The summed E-state index contributed by atoms with van der Waals surface area (Å²) in [4.78, 5) is 13.8. The minimum Gasteiger partial charge on any atom is -0.356 e. The van der Waals surface area contributed by atoms with Crippen molar-refractivity contribution in [3.63, 3.8) is 0 Å². The molecule has 0 radical (unpaired) electrons. The molecule has 0 aliphatic carbocycles. The Bertz CT molecular complexity index is 626. The van der Waals surface area contributed by atoms with Crippen LogP contribution in [0.5, 0.6) is 0 Å². The van der Waals surface area contributed by atoms with E-state index < -0.39 is 0 Å². The van der Waals surface area contributed by atoms with E-state index in [-0.39, 0.29) is 0 Å². The lowest BCUT2D eigenvalue weighted by atomic mass is 10.1. The summed E-state index contributed by atoms with van der Waals surface area (Å²) in [6.07, 6.45) is 14.0. The first-order valence-corrected chi connectivity index (χ1v) is 10.8. The average Bonchev–Trinajstić information content (AvgIpc) is 2.96. The van der Waals surface area contributed by atoms with Crippen molar-refractivity contribution in [2.24, 2.45) is 0 Å². The molecule has 1 aliphatic heterocycles. The first-order chi connectivity index (χ1) is 13.5. The smallest absolute Gasteiger partial charge is 0.224 e. The number of rotatable bonds is 10. The van der Waals surface area contributed by atoms with Crippen LogP contribution in [0, 0.1) is 0 Å². The molecule has 0 unspecified atom stereocenters. The van der Waals surface area contributed by atoms with Gasteiger partial charge < -0.3 is 15.1 Å². The number of hydrogen-bond acceptors (Lipinski definition) is 5. The van der Waals surface area contributed by atoms with E-state index in [2.05, 4.69) is 60.1 Å². The Morgan fingerprint density at radius 3 is 2.61 bits per heavy atom. The minimum atomic E-state index is 0.739. The summed E-state index contributed by atoms with van der Waals surface area (Å²) in [7, 11) is 2.16. The summed E-state index contributed by atoms with van der Waals surface area (Å²) >= 11 is 0. The van der Waals surface area contributed by atoms with Gasteiger partial charge in [-0.05, 0) is 59.6 Å². The van der Waals surface area contributed by atoms with E-state index in [1.54, 1.807) is 0 Å². The van der Waals surface area contributed by atoms with Crippen LogP contribution in [0.4, 0.5) is 11.8 Å². The normalized spacial score (nSPS) is 15.5. The van der Waals surface area contributed by atoms with Gasteiger partial charge in [0.25, 0.3) is 0 Å². The van der Waals surface area contributed by atoms with Gasteiger partial charge in [-0.1, -0.05) is 36.1 Å². The third-order valence-electron chi connectivity index (χ3n) is 5.19. The Morgan fingerprint density at radius 1 is 1.14 bits per heavy atom. The summed E-state index contributed by atoms with van der Waals surface area (Å²) in [5.74, 6) is 1.80. The van der Waals surface area contributed by atoms with E-state index in [0.717, 1.165) is 57.3 Å². The van der Waals surface area contributed by atoms with Gasteiger partial charge in [0.15, 0.2) is 0 Å². The lowest BCUT2D eigenvalue weighted by Gasteiger charge is -2.21. The predicted octanol–water partition coefficient (Wildman–Crippen LogP) is 4.89. The highest BCUT2D eigenvalue weighted by atomic mass is 15.2. The highest BCUT2D eigenvalue weighted by molar-refractivity contribution is 5.42. The van der Waals surface area contributed by atoms with E-state index in [0.29, 0.717) is 0 Å². The summed E-state index contributed by atoms with van der Waals surface area (Å²) in [5.41, 5.74) is 2.86. The topological polar surface area (TPSA) is 44.3 Å². The van der Waals surface area contributed by atoms with Crippen LogP contribution >= 0.6 is 0 Å². The first-order valence-electron chi connectivity index (χ1n) is 10.8. The molecule has 5 nitrogen and oxygen atoms in total. The number of likely N-dealkylation sites (N-methyl/N-ethyl adjacent to an activating group) is 1. The van der Waals surface area contributed by atoms with Crippen LogP contribution in [0.2, 0.25) is 0 Å². The van der Waals surface area contributed by atoms with Gasteiger partial charge in [0.05, 0.1) is 0 Å². The summed E-state index contributed by atoms with van der Waals surface area (Å²) in [6, 6.07) is 2.03. The summed E-state index contributed by atoms with van der Waals surface area (Å²) in [6.45, 7) is 11.6. The van der Waals surface area contributed by atoms with Gasteiger partial charge >= 0.3 is 0 Å². The Balaban J connectivity index is 1.72. The van der Waals surface area contributed by atoms with Crippen molar-refractivity contribution in [3.05, 3.63) is 35.6 Å². The summed E-state index contributed by atoms with van der Waals surface area (Å²) in [5, 5.41) is 3.39. The number of nitrogens with zero attached hydrogens (tertiary/aromatic N) is 4. The SMILES string of the molecule is CC(C)=CCCC(C)=CCN(C)CCNc1nccc(N2CCCCCC2)n1. The Kier molecular flexibility index (Phi) is 10.0. The molecule has 1 aromatic rings. The number of hydrogen-bond donors (Lipinski definition) is 1. The average molecular weight is 386 g/mol. The Labute approximate surface area is 171 Å². The van der Waals surface area contributed by atoms with Crippen LogP contribution in [0.3, 0.4) is 0 Å². The van der Waals surface area contributed by atoms with Crippen LogP contribution in [0.25, 0.3) is 0 Å². The molecular weight excluding hydrogens is 346 g/mol. The van der Waals surface area contributed by atoms with Crippen LogP contribution in [-0.2, 0) is 0 Å². The molecule has 2 rings (SSSR count). The fraction of sp³-hybridized carbons (Fsp3) is 0.652. The fourth-order valence-corrected chi connectivity index (χ4v) is 3.36. The van der Waals surface area contributed by atoms with Crippen molar-refractivity contribution >= 4 is 11.8 Å². The molecule has 0 spiro atoms. The van der Waals surface area contributed by atoms with Crippen LogP contribution in [-0.4, -0.2) is 54.6 Å². The second kappa shape index (κ2) is 12.6. The molecule has 1 fully saturated rings. The Hall–Kier alpha value is -1.88. The van der Waals surface area contributed by atoms with Gasteiger partial charge in [-0.25, -0.2) is 4.98 Å². The quantitative estimate of drug-likeness (QED) is 0.581. The second-order valence-electron chi connectivity index (χ2n) is 8.20. The zero-order valence-corrected chi connectivity index (χ0v) is 18.4. The van der Waals surface area contributed by atoms with Crippen molar-refractivity contribution in [3.8, 4) is 0 Å². The van der Waals surface area contributed by atoms with Gasteiger partial charge in [-0.2, -0.15) is 4.98 Å². The maximum atomic E-state index is 4.72. The molecule has 0 amide bonds. The molecule has 1 aromatic heterocycles. The molecule has 2 heterocycles. The number of allylic oxidation sites excluding steroid dienone is 3. The molecule has 0 atom stereocenters. The molecule has 1 N–H and O–H groups in total. The third-order valence-corrected chi connectivity index (χ3v) is 5.19. The lowest BCUT2D eigenvalue weighted by Crippen LogP contribution is -2.27. The van der Waals surface area contributed by atoms with Gasteiger partial charge in [-0.15, -0.1) is 0 Å². The van der Waals surface area contributed by atoms with Crippen LogP contribution in [0.1, 0.15) is 59.3 Å². The largest absolute Gasteiger partial charge is 0.356 e. The van der Waals surface area contributed by atoms with Crippen LogP contribution in [0.15, 0.2) is 35.6 Å². The molecular formula is C23H39N5. The number of anilines is 2. The van der Waals surface area contributed by atoms with E-state index >= 15 is 0 Å². The zero-order valence-electron chi connectivity index (χ0n) is 18.4. The zero-order chi connectivity index (χ0) is 20.2. The highest BCUT2D eigenvalue weighted by Gasteiger charge is 2.11. The molecule has 0 saturated carbocycles. The fourth-order valence-electron chi connectivity index (χ4n) is 3.36. The third kappa shape index (κ3) is 8.87. The van der Waals surface area contributed by atoms with Crippen LogP contribution < -0.4 is 10.2 Å². The molecule has 28 heavy (non-hydrogen) atoms. The predicted molar refractivity (Wildman–Crippen MR) is 121 cm³/mol. The van der Waals surface area contributed by atoms with Gasteiger partial charge in [0.1, 0.15) is 5.82 Å². The minimum absolute atomic E-state index is 0.739.